The van der Waals surface area contributed by atoms with Crippen LogP contribution in [0.5, 0.6) is 0 Å². The number of aromatic nitrogens is 5. The molecule has 5 rings (SSSR count). The van der Waals surface area contributed by atoms with E-state index in [-0.39, 0.29) is 11.6 Å². The van der Waals surface area contributed by atoms with Gasteiger partial charge in [-0.2, -0.15) is 10.1 Å². The van der Waals surface area contributed by atoms with Crippen molar-refractivity contribution in [2.24, 2.45) is 0 Å². The second kappa shape index (κ2) is 6.56. The molecule has 3 heterocycles. The molecular formula is C20H20N6OS. The van der Waals surface area contributed by atoms with Gasteiger partial charge in [-0.1, -0.05) is 18.2 Å². The number of thiazole rings is 1. The Balaban J connectivity index is 1.61. The quantitative estimate of drug-likeness (QED) is 0.578. The second-order valence-electron chi connectivity index (χ2n) is 7.08. The second-order valence-corrected chi connectivity index (χ2v) is 8.32. The minimum absolute atomic E-state index is 0.170. The molecule has 0 saturated carbocycles. The summed E-state index contributed by atoms with van der Waals surface area (Å²) < 4.78 is 1.71. The molecule has 0 spiro atoms. The van der Waals surface area contributed by atoms with Crippen LogP contribution >= 0.6 is 11.3 Å². The van der Waals surface area contributed by atoms with E-state index < -0.39 is 0 Å². The zero-order chi connectivity index (χ0) is 19.3. The lowest BCUT2D eigenvalue weighted by molar-refractivity contribution is 0.541. The minimum Gasteiger partial charge on any atom is -0.337 e. The van der Waals surface area contributed by atoms with Gasteiger partial charge >= 0.3 is 0 Å². The molecular weight excluding hydrogens is 372 g/mol. The standard InChI is InChI=1S/C20H20N6OS/c1-12-22-15-9-6-10-16(17(15)28-12)25(2)20-23-18-14(19(27)24-20)11-21-26(18)13-7-4-3-5-8-13/h3-5,7-8,11,16H,6,9-10H2,1-2H3,(H,23,24,27). The number of nitrogens with zero attached hydrogens (tertiary/aromatic N) is 5. The molecule has 142 valence electrons. The smallest absolute Gasteiger partial charge is 0.263 e. The molecule has 28 heavy (non-hydrogen) atoms. The molecule has 1 aliphatic carbocycles. The molecule has 1 aromatic carbocycles. The third-order valence-electron chi connectivity index (χ3n) is 5.26. The molecule has 0 bridgehead atoms. The number of anilines is 1. The van der Waals surface area contributed by atoms with Gasteiger partial charge in [0.1, 0.15) is 5.39 Å². The first-order valence-electron chi connectivity index (χ1n) is 9.34. The fourth-order valence-corrected chi connectivity index (χ4v) is 5.02. The third-order valence-corrected chi connectivity index (χ3v) is 6.37. The molecule has 1 atom stereocenters. The lowest BCUT2D eigenvalue weighted by Gasteiger charge is -2.31. The van der Waals surface area contributed by atoms with Crippen molar-refractivity contribution >= 4 is 28.3 Å². The largest absolute Gasteiger partial charge is 0.337 e. The van der Waals surface area contributed by atoms with Gasteiger partial charge in [0.25, 0.3) is 5.56 Å². The van der Waals surface area contributed by atoms with Crippen LogP contribution in [0.2, 0.25) is 0 Å². The molecule has 7 nitrogen and oxygen atoms in total. The van der Waals surface area contributed by atoms with Crippen LogP contribution < -0.4 is 10.5 Å². The lowest BCUT2D eigenvalue weighted by atomic mass is 9.97. The monoisotopic (exact) mass is 392 g/mol. The number of fused-ring (bicyclic) bond motifs is 2. The van der Waals surface area contributed by atoms with Crippen molar-refractivity contribution in [3.63, 3.8) is 0 Å². The van der Waals surface area contributed by atoms with E-state index in [0.717, 1.165) is 30.0 Å². The van der Waals surface area contributed by atoms with Crippen molar-refractivity contribution in [1.29, 1.82) is 0 Å². The summed E-state index contributed by atoms with van der Waals surface area (Å²) in [6, 6.07) is 9.91. The van der Waals surface area contributed by atoms with E-state index in [9.17, 15) is 4.79 Å². The summed E-state index contributed by atoms with van der Waals surface area (Å²) in [5, 5.41) is 5.96. The summed E-state index contributed by atoms with van der Waals surface area (Å²) in [5.74, 6) is 0.555. The van der Waals surface area contributed by atoms with E-state index in [0.29, 0.717) is 17.0 Å². The molecule has 3 aromatic heterocycles. The van der Waals surface area contributed by atoms with Gasteiger partial charge in [0, 0.05) is 7.05 Å². The summed E-state index contributed by atoms with van der Waals surface area (Å²) in [6.07, 6.45) is 4.70. The molecule has 0 fully saturated rings. The molecule has 4 aromatic rings. The number of rotatable bonds is 3. The van der Waals surface area contributed by atoms with E-state index in [1.54, 1.807) is 22.2 Å². The highest BCUT2D eigenvalue weighted by atomic mass is 32.1. The molecule has 0 radical (unpaired) electrons. The molecule has 0 aliphatic heterocycles. The van der Waals surface area contributed by atoms with Gasteiger partial charge in [-0.3, -0.25) is 9.78 Å². The van der Waals surface area contributed by atoms with Crippen LogP contribution in [0.3, 0.4) is 0 Å². The number of nitrogens with one attached hydrogen (secondary N) is 1. The van der Waals surface area contributed by atoms with Crippen LogP contribution in [-0.4, -0.2) is 31.8 Å². The Morgan fingerprint density at radius 2 is 2.07 bits per heavy atom. The SMILES string of the molecule is Cc1nc2c(s1)C(N(C)c1nc3c(cnn3-c3ccccc3)c(=O)[nH]1)CCC2. The predicted molar refractivity (Wildman–Crippen MR) is 110 cm³/mol. The molecule has 1 unspecified atom stereocenters. The fraction of sp³-hybridized carbons (Fsp3) is 0.300. The molecule has 0 saturated heterocycles. The summed E-state index contributed by atoms with van der Waals surface area (Å²) >= 11 is 1.74. The molecule has 8 heteroatoms. The van der Waals surface area contributed by atoms with Crippen LogP contribution in [-0.2, 0) is 6.42 Å². The van der Waals surface area contributed by atoms with Gasteiger partial charge in [-0.05, 0) is 38.3 Å². The van der Waals surface area contributed by atoms with Crippen LogP contribution in [0.4, 0.5) is 5.95 Å². The minimum atomic E-state index is -0.175. The topological polar surface area (TPSA) is 79.7 Å². The van der Waals surface area contributed by atoms with Gasteiger partial charge in [0.2, 0.25) is 5.95 Å². The summed E-state index contributed by atoms with van der Waals surface area (Å²) in [5.41, 5.74) is 2.45. The highest BCUT2D eigenvalue weighted by Crippen LogP contribution is 2.38. The predicted octanol–water partition coefficient (Wildman–Crippen LogP) is 3.39. The number of H-pyrrole nitrogens is 1. The van der Waals surface area contributed by atoms with Crippen LogP contribution in [0, 0.1) is 6.92 Å². The Labute approximate surface area is 165 Å². The van der Waals surface area contributed by atoms with Gasteiger partial charge in [0.05, 0.1) is 33.5 Å². The van der Waals surface area contributed by atoms with Gasteiger partial charge < -0.3 is 4.90 Å². The Morgan fingerprint density at radius 3 is 2.89 bits per heavy atom. The summed E-state index contributed by atoms with van der Waals surface area (Å²) in [6.45, 7) is 2.05. The van der Waals surface area contributed by atoms with Gasteiger partial charge in [0.15, 0.2) is 5.65 Å². The summed E-state index contributed by atoms with van der Waals surface area (Å²) in [7, 11) is 1.99. The Hall–Kier alpha value is -3.00. The van der Waals surface area contributed by atoms with Crippen LogP contribution in [0.25, 0.3) is 16.7 Å². The number of hydrogen-bond acceptors (Lipinski definition) is 6. The molecule has 0 amide bonds. The maximum atomic E-state index is 12.7. The number of benzene rings is 1. The highest BCUT2D eigenvalue weighted by Gasteiger charge is 2.28. The van der Waals surface area contributed by atoms with E-state index in [1.807, 2.05) is 44.3 Å². The maximum absolute atomic E-state index is 12.7. The number of aryl methyl sites for hydroxylation is 2. The van der Waals surface area contributed by atoms with E-state index >= 15 is 0 Å². The number of hydrogen-bond donors (Lipinski definition) is 1. The van der Waals surface area contributed by atoms with E-state index in [2.05, 4.69) is 20.0 Å². The van der Waals surface area contributed by atoms with Crippen molar-refractivity contribution in [3.05, 3.63) is 62.5 Å². The maximum Gasteiger partial charge on any atom is 0.263 e. The van der Waals surface area contributed by atoms with Crippen molar-refractivity contribution in [2.75, 3.05) is 11.9 Å². The first-order chi connectivity index (χ1) is 13.6. The van der Waals surface area contributed by atoms with E-state index in [1.165, 1.54) is 10.6 Å². The first-order valence-corrected chi connectivity index (χ1v) is 10.2. The fourth-order valence-electron chi connectivity index (χ4n) is 3.87. The number of aromatic amines is 1. The lowest BCUT2D eigenvalue weighted by Crippen LogP contribution is -2.30. The van der Waals surface area contributed by atoms with Gasteiger partial charge in [-0.25, -0.2) is 9.67 Å². The van der Waals surface area contributed by atoms with Crippen molar-refractivity contribution in [1.82, 2.24) is 24.7 Å². The van der Waals surface area contributed by atoms with Crippen LogP contribution in [0.1, 0.15) is 34.5 Å². The van der Waals surface area contributed by atoms with Crippen molar-refractivity contribution < 1.29 is 0 Å². The van der Waals surface area contributed by atoms with Crippen molar-refractivity contribution in [2.45, 2.75) is 32.2 Å². The highest BCUT2D eigenvalue weighted by molar-refractivity contribution is 7.11. The van der Waals surface area contributed by atoms with Gasteiger partial charge in [-0.15, -0.1) is 11.3 Å². The first kappa shape index (κ1) is 17.1. The molecule has 1 aliphatic rings. The number of para-hydroxylation sites is 1. The third kappa shape index (κ3) is 2.72. The zero-order valence-corrected chi connectivity index (χ0v) is 16.5. The Kier molecular flexibility index (Phi) is 4.01. The average Bonchev–Trinajstić information content (AvgIpc) is 3.30. The van der Waals surface area contributed by atoms with E-state index in [4.69, 9.17) is 4.98 Å². The Morgan fingerprint density at radius 1 is 1.25 bits per heavy atom. The van der Waals surface area contributed by atoms with Crippen molar-refractivity contribution in [3.8, 4) is 5.69 Å². The normalized spacial score (nSPS) is 16.3. The average molecular weight is 392 g/mol. The zero-order valence-electron chi connectivity index (χ0n) is 15.7. The molecule has 1 N–H and O–H groups in total. The summed E-state index contributed by atoms with van der Waals surface area (Å²) in [4.78, 5) is 28.4. The van der Waals surface area contributed by atoms with Crippen LogP contribution in [0.15, 0.2) is 41.3 Å². The Bertz CT molecular complexity index is 1210.